The number of hydrogen-bond acceptors (Lipinski definition) is 3. The third kappa shape index (κ3) is 0.145. The van der Waals surface area contributed by atoms with Gasteiger partial charge in [-0.1, -0.05) is 6.92 Å². The molecule has 0 amide bonds. The fourth-order valence-electron chi connectivity index (χ4n) is 0.483. The van der Waals surface area contributed by atoms with E-state index in [-0.39, 0.29) is 5.91 Å². The zero-order valence-corrected chi connectivity index (χ0v) is 3.47. The van der Waals surface area contributed by atoms with E-state index in [9.17, 15) is 0 Å². The van der Waals surface area contributed by atoms with Gasteiger partial charge < -0.3 is 0 Å². The van der Waals surface area contributed by atoms with Gasteiger partial charge in [-0.15, -0.1) is 0 Å². The topological polar surface area (TPSA) is 28.1 Å². The van der Waals surface area contributed by atoms with Crippen molar-refractivity contribution in [2.24, 2.45) is 0 Å². The number of fused-ring (bicyclic) bond motifs is 1. The summed E-state index contributed by atoms with van der Waals surface area (Å²) in [6.45, 7) is 2.02. The third-order valence-corrected chi connectivity index (χ3v) is 1.11. The smallest absolute Gasteiger partial charge is 0.212 e. The molecule has 0 saturated carbocycles. The highest BCUT2D eigenvalue weighted by Crippen LogP contribution is 2.55. The molecule has 3 nitrogen and oxygen atoms in total. The molecule has 0 spiro atoms. The zero-order chi connectivity index (χ0) is 4.20. The Morgan fingerprint density at radius 1 is 1.67 bits per heavy atom. The summed E-state index contributed by atoms with van der Waals surface area (Å²) in [4.78, 5) is 9.51. The first-order valence-corrected chi connectivity index (χ1v) is 2.06. The van der Waals surface area contributed by atoms with Gasteiger partial charge in [-0.2, -0.15) is 0 Å². The lowest BCUT2D eigenvalue weighted by Gasteiger charge is -1.82. The van der Waals surface area contributed by atoms with E-state index in [0.717, 1.165) is 6.42 Å². The van der Waals surface area contributed by atoms with Crippen molar-refractivity contribution in [3.8, 4) is 0 Å². The lowest BCUT2D eigenvalue weighted by molar-refractivity contribution is -0.167. The van der Waals surface area contributed by atoms with Crippen molar-refractivity contribution < 1.29 is 9.68 Å². The summed E-state index contributed by atoms with van der Waals surface area (Å²) >= 11 is 0. The minimum absolute atomic E-state index is 0.208. The predicted molar refractivity (Wildman–Crippen MR) is 17.0 cm³/mol. The fraction of sp³-hybridized carbons (Fsp3) is 1.00. The van der Waals surface area contributed by atoms with E-state index < -0.39 is 0 Å². The largest absolute Gasteiger partial charge is 0.315 e. The van der Waals surface area contributed by atoms with Crippen molar-refractivity contribution >= 4 is 0 Å². The Morgan fingerprint density at radius 3 is 2.17 bits per heavy atom. The van der Waals surface area contributed by atoms with E-state index in [4.69, 9.17) is 9.68 Å². The molecule has 2 heterocycles. The quantitative estimate of drug-likeness (QED) is 0.429. The molecule has 3 heteroatoms. The molecule has 0 aromatic rings. The minimum Gasteiger partial charge on any atom is -0.212 e. The summed E-state index contributed by atoms with van der Waals surface area (Å²) in [6.07, 6.45) is 0.938. The van der Waals surface area contributed by atoms with Crippen LogP contribution in [0.4, 0.5) is 0 Å². The van der Waals surface area contributed by atoms with Gasteiger partial charge in [-0.05, 0) is 0 Å². The Bertz CT molecular complexity index is 86.8. The molecule has 6 heavy (non-hydrogen) atoms. The highest BCUT2D eigenvalue weighted by molar-refractivity contribution is 4.79. The second-order valence-electron chi connectivity index (χ2n) is 1.51. The average molecular weight is 87.1 g/mol. The first-order chi connectivity index (χ1) is 2.87. The van der Waals surface area contributed by atoms with Gasteiger partial charge >= 0.3 is 5.91 Å². The van der Waals surface area contributed by atoms with Crippen molar-refractivity contribution in [1.82, 2.24) is 5.23 Å². The number of hydrogen-bond donors (Lipinski definition) is 0. The van der Waals surface area contributed by atoms with Crippen LogP contribution in [0.1, 0.15) is 13.3 Å². The van der Waals surface area contributed by atoms with Crippen LogP contribution in [-0.2, 0) is 9.68 Å². The van der Waals surface area contributed by atoms with E-state index in [1.807, 2.05) is 6.92 Å². The second kappa shape index (κ2) is 0.521. The van der Waals surface area contributed by atoms with Crippen LogP contribution >= 0.6 is 0 Å². The standard InChI is InChI=1S/C3H5NO2/c1-2-3-4(5-3)6-3/h2H2,1H3. The lowest BCUT2D eigenvalue weighted by atomic mass is 10.4. The van der Waals surface area contributed by atoms with Crippen molar-refractivity contribution in [2.45, 2.75) is 19.3 Å². The molecular weight excluding hydrogens is 82.0 g/mol. The zero-order valence-electron chi connectivity index (χ0n) is 3.47. The number of hydroxylamine groups is 2. The first-order valence-electron chi connectivity index (χ1n) is 2.06. The predicted octanol–water partition coefficient (Wildman–Crippen LogP) is 0.243. The third-order valence-electron chi connectivity index (χ3n) is 1.11. The summed E-state index contributed by atoms with van der Waals surface area (Å²) in [5.41, 5.74) is 0. The second-order valence-corrected chi connectivity index (χ2v) is 1.51. The normalized spacial score (nSPS) is 60.5. The molecule has 2 fully saturated rings. The van der Waals surface area contributed by atoms with Crippen LogP contribution in [0.15, 0.2) is 0 Å². The van der Waals surface area contributed by atoms with Crippen LogP contribution in [0.25, 0.3) is 0 Å². The molecule has 0 bridgehead atoms. The molecule has 2 rings (SSSR count). The van der Waals surface area contributed by atoms with Crippen molar-refractivity contribution in [3.63, 3.8) is 0 Å². The van der Waals surface area contributed by atoms with Crippen LogP contribution in [-0.4, -0.2) is 11.1 Å². The summed E-state index contributed by atoms with van der Waals surface area (Å²) in [6, 6.07) is 0. The average Bonchev–Trinajstić information content (AvgIpc) is 2.12. The molecule has 2 saturated heterocycles. The summed E-state index contributed by atoms with van der Waals surface area (Å²) in [5.74, 6) is -0.208. The van der Waals surface area contributed by atoms with E-state index in [1.165, 1.54) is 5.23 Å². The molecule has 34 valence electrons. The fourth-order valence-corrected chi connectivity index (χ4v) is 0.483. The summed E-state index contributed by atoms with van der Waals surface area (Å²) in [5, 5.41) is 1.49. The lowest BCUT2D eigenvalue weighted by Crippen LogP contribution is -1.92. The maximum absolute atomic E-state index is 4.75. The van der Waals surface area contributed by atoms with Gasteiger partial charge in [0.1, 0.15) is 0 Å². The minimum atomic E-state index is -0.208. The van der Waals surface area contributed by atoms with Crippen molar-refractivity contribution in [1.29, 1.82) is 0 Å². The summed E-state index contributed by atoms with van der Waals surface area (Å²) < 4.78 is 0. The van der Waals surface area contributed by atoms with E-state index in [0.29, 0.717) is 0 Å². The molecule has 0 unspecified atom stereocenters. The van der Waals surface area contributed by atoms with Gasteiger partial charge in [0, 0.05) is 11.6 Å². The first kappa shape index (κ1) is 2.96. The Hall–Kier alpha value is -0.120. The van der Waals surface area contributed by atoms with E-state index in [1.54, 1.807) is 0 Å². The van der Waals surface area contributed by atoms with Crippen LogP contribution in [0.5, 0.6) is 0 Å². The van der Waals surface area contributed by atoms with E-state index >= 15 is 0 Å². The van der Waals surface area contributed by atoms with Crippen LogP contribution in [0, 0.1) is 0 Å². The Morgan fingerprint density at radius 2 is 2.17 bits per heavy atom. The Kier molecular flexibility index (Phi) is 0.257. The molecule has 0 radical (unpaired) electrons. The van der Waals surface area contributed by atoms with Crippen molar-refractivity contribution in [2.75, 3.05) is 0 Å². The highest BCUT2D eigenvalue weighted by atomic mass is 17.3. The van der Waals surface area contributed by atoms with Gasteiger partial charge in [0.2, 0.25) is 0 Å². The highest BCUT2D eigenvalue weighted by Gasteiger charge is 2.76. The van der Waals surface area contributed by atoms with E-state index in [2.05, 4.69) is 0 Å². The Balaban J connectivity index is 2.10. The van der Waals surface area contributed by atoms with Gasteiger partial charge in [-0.3, -0.25) is 0 Å². The molecule has 2 aliphatic heterocycles. The molecule has 2 aliphatic rings. The monoisotopic (exact) mass is 87.0 g/mol. The van der Waals surface area contributed by atoms with Gasteiger partial charge in [0.25, 0.3) is 0 Å². The number of rotatable bonds is 1. The van der Waals surface area contributed by atoms with Crippen LogP contribution < -0.4 is 0 Å². The number of nitrogens with zero attached hydrogens (tertiary/aromatic N) is 1. The van der Waals surface area contributed by atoms with Gasteiger partial charge in [0.15, 0.2) is 0 Å². The summed E-state index contributed by atoms with van der Waals surface area (Å²) in [7, 11) is 0. The molecule has 0 aromatic heterocycles. The molecule has 0 aliphatic carbocycles. The molecule has 0 N–H and O–H groups in total. The Labute approximate surface area is 35.4 Å². The SMILES string of the molecule is CCC12ON1O2. The molecule has 0 aromatic carbocycles. The molecular formula is C3H5NO2. The van der Waals surface area contributed by atoms with Gasteiger partial charge in [0.05, 0.1) is 0 Å². The maximum atomic E-state index is 4.75. The van der Waals surface area contributed by atoms with Crippen LogP contribution in [0.2, 0.25) is 0 Å². The van der Waals surface area contributed by atoms with Gasteiger partial charge in [-0.25, -0.2) is 9.68 Å². The maximum Gasteiger partial charge on any atom is 0.315 e. The molecule has 0 atom stereocenters. The van der Waals surface area contributed by atoms with Crippen LogP contribution in [0.3, 0.4) is 0 Å². The van der Waals surface area contributed by atoms with Crippen molar-refractivity contribution in [3.05, 3.63) is 0 Å².